The third-order valence-corrected chi connectivity index (χ3v) is 3.83. The Balaban J connectivity index is 2.20. The zero-order valence-corrected chi connectivity index (χ0v) is 14.0. The molecular formula is C17H14ClNO5. The van der Waals surface area contributed by atoms with Crippen LogP contribution < -0.4 is 19.8 Å². The van der Waals surface area contributed by atoms with Crippen LogP contribution in [0.2, 0.25) is 5.02 Å². The van der Waals surface area contributed by atoms with E-state index in [0.29, 0.717) is 38.7 Å². The smallest absolute Gasteiger partial charge is 0.347 e. The van der Waals surface area contributed by atoms with Gasteiger partial charge in [0.2, 0.25) is 5.89 Å². The van der Waals surface area contributed by atoms with E-state index in [1.165, 1.54) is 27.4 Å². The molecule has 0 amide bonds. The van der Waals surface area contributed by atoms with Crippen LogP contribution in [0.5, 0.6) is 17.2 Å². The number of ether oxygens (including phenoxy) is 3. The Kier molecular flexibility index (Phi) is 4.31. The van der Waals surface area contributed by atoms with Gasteiger partial charge in [0.05, 0.1) is 37.3 Å². The summed E-state index contributed by atoms with van der Waals surface area (Å²) >= 11 is 6.12. The van der Waals surface area contributed by atoms with Gasteiger partial charge in [-0.2, -0.15) is 0 Å². The van der Waals surface area contributed by atoms with E-state index < -0.39 is 5.63 Å². The van der Waals surface area contributed by atoms with Crippen molar-refractivity contribution in [2.75, 3.05) is 21.3 Å². The summed E-state index contributed by atoms with van der Waals surface area (Å²) in [4.78, 5) is 16.7. The monoisotopic (exact) mass is 347 g/mol. The van der Waals surface area contributed by atoms with Crippen LogP contribution in [-0.4, -0.2) is 26.3 Å². The second-order valence-electron chi connectivity index (χ2n) is 4.88. The van der Waals surface area contributed by atoms with Crippen LogP contribution in [0.1, 0.15) is 0 Å². The molecule has 0 spiro atoms. The van der Waals surface area contributed by atoms with Gasteiger partial charge < -0.3 is 18.6 Å². The molecule has 0 aliphatic rings. The van der Waals surface area contributed by atoms with Gasteiger partial charge in [0.25, 0.3) is 0 Å². The summed E-state index contributed by atoms with van der Waals surface area (Å²) in [5, 5.41) is 0.697. The van der Waals surface area contributed by atoms with Crippen molar-refractivity contribution in [3.8, 4) is 28.7 Å². The molecule has 0 unspecified atom stereocenters. The Morgan fingerprint density at radius 3 is 2.25 bits per heavy atom. The van der Waals surface area contributed by atoms with E-state index in [1.807, 2.05) is 0 Å². The molecule has 1 heterocycles. The van der Waals surface area contributed by atoms with Crippen LogP contribution in [0.3, 0.4) is 0 Å². The van der Waals surface area contributed by atoms with Gasteiger partial charge in [-0.1, -0.05) is 11.6 Å². The highest BCUT2D eigenvalue weighted by molar-refractivity contribution is 6.32. The number of rotatable bonds is 4. The summed E-state index contributed by atoms with van der Waals surface area (Å²) in [5.74, 6) is 1.58. The van der Waals surface area contributed by atoms with E-state index in [2.05, 4.69) is 4.98 Å². The highest BCUT2D eigenvalue weighted by Gasteiger charge is 2.14. The molecule has 0 saturated heterocycles. The van der Waals surface area contributed by atoms with Gasteiger partial charge in [0, 0.05) is 17.7 Å². The summed E-state index contributed by atoms with van der Waals surface area (Å²) in [6.07, 6.45) is 0. The third kappa shape index (κ3) is 2.76. The molecule has 7 heteroatoms. The van der Waals surface area contributed by atoms with Gasteiger partial charge in [-0.05, 0) is 18.2 Å². The van der Waals surface area contributed by atoms with Gasteiger partial charge >= 0.3 is 5.63 Å². The lowest BCUT2D eigenvalue weighted by atomic mass is 10.2. The van der Waals surface area contributed by atoms with Gasteiger partial charge in [0.15, 0.2) is 11.5 Å². The minimum absolute atomic E-state index is 0.157. The lowest BCUT2D eigenvalue weighted by Crippen LogP contribution is -2.04. The number of fused-ring (bicyclic) bond motifs is 1. The highest BCUT2D eigenvalue weighted by atomic mass is 35.5. The highest BCUT2D eigenvalue weighted by Crippen LogP contribution is 2.32. The molecule has 0 aliphatic carbocycles. The quantitative estimate of drug-likeness (QED) is 0.719. The molecule has 0 radical (unpaired) electrons. The summed E-state index contributed by atoms with van der Waals surface area (Å²) < 4.78 is 20.9. The van der Waals surface area contributed by atoms with E-state index in [1.54, 1.807) is 24.3 Å². The first-order valence-corrected chi connectivity index (χ1v) is 7.36. The Bertz CT molecular complexity index is 967. The maximum atomic E-state index is 12.3. The van der Waals surface area contributed by atoms with Crippen LogP contribution in [-0.2, 0) is 0 Å². The zero-order valence-electron chi connectivity index (χ0n) is 13.3. The first kappa shape index (κ1) is 16.1. The molecule has 0 bridgehead atoms. The third-order valence-electron chi connectivity index (χ3n) is 3.53. The molecule has 6 nitrogen and oxygen atoms in total. The molecule has 24 heavy (non-hydrogen) atoms. The average molecular weight is 348 g/mol. The Hall–Kier alpha value is -2.73. The topological polar surface area (TPSA) is 70.8 Å². The second kappa shape index (κ2) is 6.41. The van der Waals surface area contributed by atoms with Crippen molar-refractivity contribution < 1.29 is 18.6 Å². The van der Waals surface area contributed by atoms with Gasteiger partial charge in [-0.25, -0.2) is 9.78 Å². The molecule has 0 fully saturated rings. The minimum Gasteiger partial charge on any atom is -0.495 e. The second-order valence-corrected chi connectivity index (χ2v) is 5.29. The molecular weight excluding hydrogens is 334 g/mol. The summed E-state index contributed by atoms with van der Waals surface area (Å²) in [5.41, 5.74) is 0.475. The minimum atomic E-state index is -0.525. The van der Waals surface area contributed by atoms with Crippen molar-refractivity contribution in [3.05, 3.63) is 45.8 Å². The predicted octanol–water partition coefficient (Wildman–Crippen LogP) is 3.53. The molecule has 2 aromatic carbocycles. The molecule has 3 aromatic rings. The van der Waals surface area contributed by atoms with Crippen molar-refractivity contribution in [1.29, 1.82) is 0 Å². The number of nitrogens with zero attached hydrogens (tertiary/aromatic N) is 1. The van der Waals surface area contributed by atoms with Crippen molar-refractivity contribution in [2.45, 2.75) is 0 Å². The lowest BCUT2D eigenvalue weighted by Gasteiger charge is -2.09. The van der Waals surface area contributed by atoms with Crippen molar-refractivity contribution in [2.24, 2.45) is 0 Å². The van der Waals surface area contributed by atoms with Crippen molar-refractivity contribution in [3.63, 3.8) is 0 Å². The number of benzene rings is 2. The Labute approximate surface area is 142 Å². The molecule has 0 N–H and O–H groups in total. The van der Waals surface area contributed by atoms with Gasteiger partial charge in [0.1, 0.15) is 5.75 Å². The number of hydrogen-bond acceptors (Lipinski definition) is 6. The normalized spacial score (nSPS) is 10.7. The maximum absolute atomic E-state index is 12.3. The van der Waals surface area contributed by atoms with Crippen LogP contribution >= 0.6 is 11.6 Å². The van der Waals surface area contributed by atoms with E-state index in [9.17, 15) is 4.79 Å². The van der Waals surface area contributed by atoms with Crippen LogP contribution in [0.4, 0.5) is 0 Å². The summed E-state index contributed by atoms with van der Waals surface area (Å²) in [6, 6.07) is 8.18. The van der Waals surface area contributed by atoms with E-state index in [4.69, 9.17) is 30.2 Å². The average Bonchev–Trinajstić information content (AvgIpc) is 2.60. The largest absolute Gasteiger partial charge is 0.495 e. The molecule has 0 atom stereocenters. The van der Waals surface area contributed by atoms with Gasteiger partial charge in [-0.15, -0.1) is 0 Å². The number of aromatic nitrogens is 1. The first-order valence-electron chi connectivity index (χ1n) is 6.98. The number of hydrogen-bond donors (Lipinski definition) is 0. The van der Waals surface area contributed by atoms with Crippen molar-refractivity contribution >= 4 is 22.5 Å². The number of halogens is 1. The fourth-order valence-electron chi connectivity index (χ4n) is 2.32. The first-order chi connectivity index (χ1) is 11.6. The van der Waals surface area contributed by atoms with Crippen LogP contribution in [0.15, 0.2) is 39.5 Å². The van der Waals surface area contributed by atoms with Crippen LogP contribution in [0.25, 0.3) is 22.4 Å². The standard InChI is InChI=1S/C17H14ClNO5/c1-21-13-5-4-9(6-11(13)18)16-19-12-8-15(23-3)14(22-2)7-10(12)17(20)24-16/h4-8H,1-3H3. The molecule has 124 valence electrons. The molecule has 0 saturated carbocycles. The molecule has 0 aliphatic heterocycles. The fourth-order valence-corrected chi connectivity index (χ4v) is 2.58. The fraction of sp³-hybridized carbons (Fsp3) is 0.176. The SMILES string of the molecule is COc1ccc(-c2nc3cc(OC)c(OC)cc3c(=O)o2)cc1Cl. The summed E-state index contributed by atoms with van der Waals surface area (Å²) in [7, 11) is 4.53. The van der Waals surface area contributed by atoms with Crippen LogP contribution in [0, 0.1) is 0 Å². The van der Waals surface area contributed by atoms with E-state index >= 15 is 0 Å². The number of methoxy groups -OCH3 is 3. The summed E-state index contributed by atoms with van der Waals surface area (Å²) in [6.45, 7) is 0. The Morgan fingerprint density at radius 2 is 1.62 bits per heavy atom. The maximum Gasteiger partial charge on any atom is 0.347 e. The van der Waals surface area contributed by atoms with Crippen molar-refractivity contribution in [1.82, 2.24) is 4.98 Å². The zero-order chi connectivity index (χ0) is 17.3. The Morgan fingerprint density at radius 1 is 0.958 bits per heavy atom. The van der Waals surface area contributed by atoms with E-state index in [-0.39, 0.29) is 5.89 Å². The molecule has 3 rings (SSSR count). The lowest BCUT2D eigenvalue weighted by molar-refractivity contribution is 0.355. The molecule has 1 aromatic heterocycles. The predicted molar refractivity (Wildman–Crippen MR) is 90.4 cm³/mol. The van der Waals surface area contributed by atoms with Gasteiger partial charge in [-0.3, -0.25) is 0 Å². The van der Waals surface area contributed by atoms with E-state index in [0.717, 1.165) is 0 Å².